The fraction of sp³-hybridized carbons (Fsp3) is 0.464. The highest BCUT2D eigenvalue weighted by atomic mass is 35.5. The van der Waals surface area contributed by atoms with Crippen molar-refractivity contribution < 1.29 is 24.2 Å². The van der Waals surface area contributed by atoms with Crippen LogP contribution >= 0.6 is 23.4 Å². The highest BCUT2D eigenvalue weighted by Crippen LogP contribution is 2.31. The minimum Gasteiger partial charge on any atom is -0.508 e. The molecule has 0 aliphatic carbocycles. The topological polar surface area (TPSA) is 108 Å². The number of rotatable bonds is 10. The van der Waals surface area contributed by atoms with Gasteiger partial charge in [0.2, 0.25) is 5.91 Å². The third-order valence-corrected chi connectivity index (χ3v) is 6.55. The number of hydrogen-bond acceptors (Lipinski definition) is 6. The normalized spacial score (nSPS) is 13.0. The summed E-state index contributed by atoms with van der Waals surface area (Å²) in [5, 5.41) is 16.1. The van der Waals surface area contributed by atoms with Crippen molar-refractivity contribution >= 4 is 47.0 Å². The van der Waals surface area contributed by atoms with E-state index in [1.165, 1.54) is 28.8 Å². The van der Waals surface area contributed by atoms with Crippen LogP contribution in [-0.2, 0) is 14.3 Å². The summed E-state index contributed by atoms with van der Waals surface area (Å²) in [5.41, 5.74) is 0.861. The first-order chi connectivity index (χ1) is 17.7. The molecule has 0 aromatic heterocycles. The van der Waals surface area contributed by atoms with E-state index in [2.05, 4.69) is 10.6 Å². The van der Waals surface area contributed by atoms with E-state index in [9.17, 15) is 19.5 Å². The Bertz CT molecular complexity index is 1120. The van der Waals surface area contributed by atoms with Gasteiger partial charge in [0.1, 0.15) is 23.4 Å². The number of amides is 3. The lowest BCUT2D eigenvalue weighted by molar-refractivity contribution is -0.143. The van der Waals surface area contributed by atoms with Crippen LogP contribution in [0.4, 0.5) is 10.5 Å². The molecule has 0 fully saturated rings. The fourth-order valence-corrected chi connectivity index (χ4v) is 4.66. The molecule has 38 heavy (non-hydrogen) atoms. The van der Waals surface area contributed by atoms with Gasteiger partial charge in [-0.25, -0.2) is 4.79 Å². The Morgan fingerprint density at radius 3 is 2.34 bits per heavy atom. The van der Waals surface area contributed by atoms with Gasteiger partial charge in [-0.2, -0.15) is 11.8 Å². The molecule has 208 valence electrons. The van der Waals surface area contributed by atoms with Crippen molar-refractivity contribution in [1.29, 1.82) is 0 Å². The molecule has 8 nitrogen and oxygen atoms in total. The first kappa shape index (κ1) is 31.3. The molecule has 0 aliphatic heterocycles. The molecule has 2 aromatic carbocycles. The minimum atomic E-state index is -1.12. The van der Waals surface area contributed by atoms with E-state index in [1.807, 2.05) is 19.2 Å². The van der Waals surface area contributed by atoms with Crippen LogP contribution in [-0.4, -0.2) is 57.6 Å². The number of anilines is 1. The van der Waals surface area contributed by atoms with Gasteiger partial charge in [0.05, 0.1) is 10.7 Å². The number of carbonyl (C=O) groups is 3. The predicted molar refractivity (Wildman–Crippen MR) is 154 cm³/mol. The van der Waals surface area contributed by atoms with Gasteiger partial charge in [0.25, 0.3) is 5.91 Å². The van der Waals surface area contributed by atoms with E-state index in [0.29, 0.717) is 28.4 Å². The van der Waals surface area contributed by atoms with Gasteiger partial charge in [-0.1, -0.05) is 35.9 Å². The van der Waals surface area contributed by atoms with Crippen molar-refractivity contribution in [1.82, 2.24) is 10.2 Å². The Labute approximate surface area is 234 Å². The van der Waals surface area contributed by atoms with E-state index in [4.69, 9.17) is 16.3 Å². The number of nitrogens with zero attached hydrogens (tertiary/aromatic N) is 1. The second-order valence-corrected chi connectivity index (χ2v) is 11.6. The van der Waals surface area contributed by atoms with Crippen LogP contribution in [0.15, 0.2) is 42.5 Å². The number of alkyl carbamates (subject to hydrolysis) is 1. The third kappa shape index (κ3) is 8.84. The summed E-state index contributed by atoms with van der Waals surface area (Å²) in [7, 11) is 0. The number of nitrogens with one attached hydrogen (secondary N) is 2. The average Bonchev–Trinajstić information content (AvgIpc) is 2.80. The molecule has 3 N–H and O–H groups in total. The number of thioether (sulfide) groups is 1. The molecular weight excluding hydrogens is 526 g/mol. The Morgan fingerprint density at radius 1 is 1.13 bits per heavy atom. The number of hydrogen-bond donors (Lipinski definition) is 3. The average molecular weight is 564 g/mol. The number of benzene rings is 2. The molecular formula is C28H38ClN3O5S. The Morgan fingerprint density at radius 2 is 1.79 bits per heavy atom. The molecule has 0 spiro atoms. The maximum absolute atomic E-state index is 14.1. The summed E-state index contributed by atoms with van der Waals surface area (Å²) >= 11 is 7.91. The quantitative estimate of drug-likeness (QED) is 0.331. The van der Waals surface area contributed by atoms with Crippen LogP contribution in [0.25, 0.3) is 0 Å². The van der Waals surface area contributed by atoms with Crippen molar-refractivity contribution in [2.45, 2.75) is 71.7 Å². The van der Waals surface area contributed by atoms with Crippen LogP contribution in [0.1, 0.15) is 58.2 Å². The summed E-state index contributed by atoms with van der Waals surface area (Å²) in [4.78, 5) is 42.0. The van der Waals surface area contributed by atoms with Crippen LogP contribution in [0.3, 0.4) is 0 Å². The first-order valence-corrected chi connectivity index (χ1v) is 14.2. The maximum Gasteiger partial charge on any atom is 0.408 e. The standard InChI is InChI=1S/C28H38ClN3O5S/c1-17(2)32(26(35)22(14-15-38-7)30-27(36)37-28(4,5)6)24(19-11-9-12-20(33)16-19)25(34)31-23-18(3)10-8-13-21(23)29/h8-13,16-17,22,24,33H,14-15H2,1-7H3,(H,30,36)(H,31,34). The lowest BCUT2D eigenvalue weighted by Gasteiger charge is -2.37. The van der Waals surface area contributed by atoms with Gasteiger partial charge in [0.15, 0.2) is 0 Å². The van der Waals surface area contributed by atoms with Gasteiger partial charge in [-0.05, 0) is 89.3 Å². The Balaban J connectivity index is 2.54. The molecule has 10 heteroatoms. The maximum atomic E-state index is 14.1. The number of para-hydroxylation sites is 1. The lowest BCUT2D eigenvalue weighted by Crippen LogP contribution is -2.54. The molecule has 0 bridgehead atoms. The second kappa shape index (κ2) is 13.8. The van der Waals surface area contributed by atoms with Gasteiger partial charge >= 0.3 is 6.09 Å². The summed E-state index contributed by atoms with van der Waals surface area (Å²) in [5.74, 6) is -0.398. The highest BCUT2D eigenvalue weighted by Gasteiger charge is 2.38. The molecule has 0 radical (unpaired) electrons. The molecule has 2 unspecified atom stereocenters. The van der Waals surface area contributed by atoms with Crippen molar-refractivity contribution in [3.05, 3.63) is 58.6 Å². The molecule has 0 saturated heterocycles. The van der Waals surface area contributed by atoms with Gasteiger partial charge in [0, 0.05) is 6.04 Å². The largest absolute Gasteiger partial charge is 0.508 e. The number of phenols is 1. The highest BCUT2D eigenvalue weighted by molar-refractivity contribution is 7.98. The van der Waals surface area contributed by atoms with Crippen molar-refractivity contribution in [2.24, 2.45) is 0 Å². The first-order valence-electron chi connectivity index (χ1n) is 12.4. The van der Waals surface area contributed by atoms with E-state index in [-0.39, 0.29) is 5.75 Å². The van der Waals surface area contributed by atoms with E-state index in [0.717, 1.165) is 5.56 Å². The second-order valence-electron chi connectivity index (χ2n) is 10.2. The number of halogens is 1. The third-order valence-electron chi connectivity index (χ3n) is 5.59. The smallest absolute Gasteiger partial charge is 0.408 e. The fourth-order valence-electron chi connectivity index (χ4n) is 3.92. The zero-order valence-corrected chi connectivity index (χ0v) is 24.6. The SMILES string of the molecule is CSCCC(NC(=O)OC(C)(C)C)C(=O)N(C(C)C)C(C(=O)Nc1c(C)cccc1Cl)c1cccc(O)c1. The molecule has 2 aromatic rings. The molecule has 0 aliphatic rings. The molecule has 2 atom stereocenters. The zero-order chi connectivity index (χ0) is 28.6. The summed E-state index contributed by atoms with van der Waals surface area (Å²) < 4.78 is 5.40. The molecule has 3 amide bonds. The van der Waals surface area contributed by atoms with Crippen LogP contribution in [0.2, 0.25) is 5.02 Å². The van der Waals surface area contributed by atoms with Crippen LogP contribution in [0.5, 0.6) is 5.75 Å². The number of ether oxygens (including phenoxy) is 1. The monoisotopic (exact) mass is 563 g/mol. The summed E-state index contributed by atoms with van der Waals surface area (Å²) in [6, 6.07) is 8.99. The van der Waals surface area contributed by atoms with Crippen molar-refractivity contribution in [2.75, 3.05) is 17.3 Å². The molecule has 2 rings (SSSR count). The minimum absolute atomic E-state index is 0.0452. The summed E-state index contributed by atoms with van der Waals surface area (Å²) in [6.07, 6.45) is 1.52. The van der Waals surface area contributed by atoms with E-state index < -0.39 is 41.6 Å². The number of aryl methyl sites for hydroxylation is 1. The summed E-state index contributed by atoms with van der Waals surface area (Å²) in [6.45, 7) is 10.6. The number of carbonyl (C=O) groups excluding carboxylic acids is 3. The van der Waals surface area contributed by atoms with Crippen LogP contribution < -0.4 is 10.6 Å². The van der Waals surface area contributed by atoms with Crippen molar-refractivity contribution in [3.8, 4) is 5.75 Å². The molecule has 0 saturated carbocycles. The number of aromatic hydroxyl groups is 1. The molecule has 0 heterocycles. The zero-order valence-electron chi connectivity index (χ0n) is 23.0. The van der Waals surface area contributed by atoms with Gasteiger partial charge < -0.3 is 25.4 Å². The van der Waals surface area contributed by atoms with Crippen molar-refractivity contribution in [3.63, 3.8) is 0 Å². The Hall–Kier alpha value is -2.91. The van der Waals surface area contributed by atoms with E-state index >= 15 is 0 Å². The Kier molecular flexibility index (Phi) is 11.3. The van der Waals surface area contributed by atoms with Gasteiger partial charge in [-0.3, -0.25) is 9.59 Å². The van der Waals surface area contributed by atoms with E-state index in [1.54, 1.807) is 58.9 Å². The van der Waals surface area contributed by atoms with Gasteiger partial charge in [-0.15, -0.1) is 0 Å². The number of phenolic OH excluding ortho intramolecular Hbond substituents is 1. The predicted octanol–water partition coefficient (Wildman–Crippen LogP) is 5.92. The lowest BCUT2D eigenvalue weighted by atomic mass is 10.00. The van der Waals surface area contributed by atoms with Crippen LogP contribution in [0, 0.1) is 6.92 Å².